The quantitative estimate of drug-likeness (QED) is 0.850. The van der Waals surface area contributed by atoms with E-state index in [1.807, 2.05) is 37.5 Å². The Morgan fingerprint density at radius 1 is 1.35 bits per heavy atom. The summed E-state index contributed by atoms with van der Waals surface area (Å²) in [5, 5.41) is 17.4. The van der Waals surface area contributed by atoms with Crippen LogP contribution in [0.25, 0.3) is 0 Å². The molecular formula is C13H17N3O. The number of nitrogens with zero attached hydrogens (tertiary/aromatic N) is 2. The molecule has 0 saturated heterocycles. The number of aryl methyl sites for hydroxylation is 1. The van der Waals surface area contributed by atoms with Crippen LogP contribution in [-0.2, 0) is 7.05 Å². The highest BCUT2D eigenvalue weighted by Crippen LogP contribution is 2.28. The van der Waals surface area contributed by atoms with E-state index in [9.17, 15) is 5.11 Å². The molecule has 0 radical (unpaired) electrons. The highest BCUT2D eigenvalue weighted by Gasteiger charge is 2.13. The average Bonchev–Trinajstić information content (AvgIpc) is 2.73. The molecule has 2 N–H and O–H groups in total. The van der Waals surface area contributed by atoms with Crippen molar-refractivity contribution in [2.45, 2.75) is 19.4 Å². The van der Waals surface area contributed by atoms with E-state index in [4.69, 9.17) is 0 Å². The van der Waals surface area contributed by atoms with Crippen LogP contribution in [0, 0.1) is 0 Å². The van der Waals surface area contributed by atoms with E-state index < -0.39 is 0 Å². The lowest BCUT2D eigenvalue weighted by atomic mass is 10.0. The molecule has 0 aliphatic heterocycles. The zero-order valence-electron chi connectivity index (χ0n) is 10.1. The third-order valence-electron chi connectivity index (χ3n) is 2.76. The van der Waals surface area contributed by atoms with Gasteiger partial charge in [0.05, 0.1) is 6.04 Å². The molecule has 1 aromatic carbocycles. The number of para-hydroxylation sites is 1. The Hall–Kier alpha value is -1.97. The molecule has 2 rings (SSSR count). The van der Waals surface area contributed by atoms with E-state index in [2.05, 4.69) is 17.3 Å². The fourth-order valence-corrected chi connectivity index (χ4v) is 1.85. The largest absolute Gasteiger partial charge is 0.508 e. The van der Waals surface area contributed by atoms with Crippen molar-refractivity contribution >= 4 is 5.82 Å². The maximum atomic E-state index is 9.83. The molecule has 0 fully saturated rings. The highest BCUT2D eigenvalue weighted by molar-refractivity contribution is 5.42. The van der Waals surface area contributed by atoms with Gasteiger partial charge in [-0.3, -0.25) is 4.68 Å². The van der Waals surface area contributed by atoms with Gasteiger partial charge in [0.25, 0.3) is 0 Å². The van der Waals surface area contributed by atoms with E-state index in [1.165, 1.54) is 0 Å². The second-order valence-corrected chi connectivity index (χ2v) is 4.04. The lowest BCUT2D eigenvalue weighted by Crippen LogP contribution is -2.10. The molecule has 2 aromatic rings. The summed E-state index contributed by atoms with van der Waals surface area (Å²) in [6, 6.07) is 9.38. The minimum absolute atomic E-state index is 0.0751. The number of phenolic OH excluding ortho intramolecular Hbond substituents is 1. The first kappa shape index (κ1) is 11.5. The molecule has 4 nitrogen and oxygen atoms in total. The Bertz CT molecular complexity index is 493. The van der Waals surface area contributed by atoms with Gasteiger partial charge in [0.1, 0.15) is 11.6 Å². The fourth-order valence-electron chi connectivity index (χ4n) is 1.85. The van der Waals surface area contributed by atoms with Crippen LogP contribution in [0.3, 0.4) is 0 Å². The van der Waals surface area contributed by atoms with Crippen molar-refractivity contribution < 1.29 is 5.11 Å². The summed E-state index contributed by atoms with van der Waals surface area (Å²) in [7, 11) is 1.88. The zero-order valence-corrected chi connectivity index (χ0v) is 10.1. The molecule has 1 heterocycles. The van der Waals surface area contributed by atoms with E-state index in [-0.39, 0.29) is 6.04 Å². The van der Waals surface area contributed by atoms with Gasteiger partial charge in [-0.2, -0.15) is 5.10 Å². The van der Waals surface area contributed by atoms with E-state index >= 15 is 0 Å². The molecule has 17 heavy (non-hydrogen) atoms. The van der Waals surface area contributed by atoms with Crippen LogP contribution < -0.4 is 5.32 Å². The van der Waals surface area contributed by atoms with Crippen LogP contribution in [0.5, 0.6) is 5.75 Å². The molecule has 1 aromatic heterocycles. The SMILES string of the molecule is CCC(Nc1ccn(C)n1)c1ccccc1O. The van der Waals surface area contributed by atoms with Gasteiger partial charge in [-0.15, -0.1) is 0 Å². The third kappa shape index (κ3) is 2.58. The Labute approximate surface area is 101 Å². The number of aromatic hydroxyl groups is 1. The molecule has 1 atom stereocenters. The monoisotopic (exact) mass is 231 g/mol. The van der Waals surface area contributed by atoms with Crippen molar-refractivity contribution in [2.75, 3.05) is 5.32 Å². The second kappa shape index (κ2) is 4.91. The Morgan fingerprint density at radius 2 is 2.12 bits per heavy atom. The fraction of sp³-hybridized carbons (Fsp3) is 0.308. The number of anilines is 1. The summed E-state index contributed by atoms with van der Waals surface area (Å²) >= 11 is 0. The summed E-state index contributed by atoms with van der Waals surface area (Å²) in [6.45, 7) is 2.08. The molecular weight excluding hydrogens is 214 g/mol. The van der Waals surface area contributed by atoms with Gasteiger partial charge < -0.3 is 10.4 Å². The minimum Gasteiger partial charge on any atom is -0.508 e. The number of rotatable bonds is 4. The van der Waals surface area contributed by atoms with Gasteiger partial charge in [-0.1, -0.05) is 25.1 Å². The van der Waals surface area contributed by atoms with Gasteiger partial charge >= 0.3 is 0 Å². The first-order valence-corrected chi connectivity index (χ1v) is 5.74. The lowest BCUT2D eigenvalue weighted by molar-refractivity contribution is 0.462. The summed E-state index contributed by atoms with van der Waals surface area (Å²) in [5.74, 6) is 1.14. The van der Waals surface area contributed by atoms with E-state index in [1.54, 1.807) is 10.7 Å². The average molecular weight is 231 g/mol. The zero-order chi connectivity index (χ0) is 12.3. The topological polar surface area (TPSA) is 50.1 Å². The van der Waals surface area contributed by atoms with Crippen molar-refractivity contribution in [1.29, 1.82) is 0 Å². The second-order valence-electron chi connectivity index (χ2n) is 4.04. The van der Waals surface area contributed by atoms with Crippen LogP contribution in [0.15, 0.2) is 36.5 Å². The molecule has 4 heteroatoms. The maximum Gasteiger partial charge on any atom is 0.148 e. The molecule has 0 bridgehead atoms. The van der Waals surface area contributed by atoms with Crippen molar-refractivity contribution in [2.24, 2.45) is 7.05 Å². The van der Waals surface area contributed by atoms with Crippen LogP contribution >= 0.6 is 0 Å². The molecule has 90 valence electrons. The number of hydrogen-bond acceptors (Lipinski definition) is 3. The summed E-state index contributed by atoms with van der Waals surface area (Å²) in [5.41, 5.74) is 0.903. The number of benzene rings is 1. The van der Waals surface area contributed by atoms with Crippen molar-refractivity contribution in [1.82, 2.24) is 9.78 Å². The standard InChI is InChI=1S/C13H17N3O/c1-3-11(10-6-4-5-7-12(10)17)14-13-8-9-16(2)15-13/h4-9,11,17H,3H2,1-2H3,(H,14,15). The summed E-state index contributed by atoms with van der Waals surface area (Å²) in [6.07, 6.45) is 2.77. The molecule has 0 amide bonds. The van der Waals surface area contributed by atoms with Crippen LogP contribution in [0.1, 0.15) is 24.9 Å². The van der Waals surface area contributed by atoms with Gasteiger partial charge in [-0.25, -0.2) is 0 Å². The van der Waals surface area contributed by atoms with Crippen LogP contribution in [-0.4, -0.2) is 14.9 Å². The first-order valence-electron chi connectivity index (χ1n) is 5.74. The van der Waals surface area contributed by atoms with Crippen molar-refractivity contribution in [3.05, 3.63) is 42.1 Å². The number of hydrogen-bond donors (Lipinski definition) is 2. The maximum absolute atomic E-state index is 9.83. The van der Waals surface area contributed by atoms with Gasteiger partial charge in [-0.05, 0) is 12.5 Å². The van der Waals surface area contributed by atoms with Crippen LogP contribution in [0.4, 0.5) is 5.82 Å². The smallest absolute Gasteiger partial charge is 0.148 e. The minimum atomic E-state index is 0.0751. The highest BCUT2D eigenvalue weighted by atomic mass is 16.3. The van der Waals surface area contributed by atoms with E-state index in [0.29, 0.717) is 5.75 Å². The third-order valence-corrected chi connectivity index (χ3v) is 2.76. The van der Waals surface area contributed by atoms with Gasteiger partial charge in [0, 0.05) is 24.9 Å². The van der Waals surface area contributed by atoms with Crippen molar-refractivity contribution in [3.63, 3.8) is 0 Å². The Balaban J connectivity index is 2.20. The summed E-state index contributed by atoms with van der Waals surface area (Å²) < 4.78 is 1.75. The molecule has 0 saturated carbocycles. The molecule has 1 unspecified atom stereocenters. The molecule has 0 spiro atoms. The normalized spacial score (nSPS) is 12.4. The Morgan fingerprint density at radius 3 is 2.71 bits per heavy atom. The predicted octanol–water partition coefficient (Wildman–Crippen LogP) is 2.69. The predicted molar refractivity (Wildman–Crippen MR) is 68.0 cm³/mol. The summed E-state index contributed by atoms with van der Waals surface area (Å²) in [4.78, 5) is 0. The van der Waals surface area contributed by atoms with Gasteiger partial charge in [0.15, 0.2) is 0 Å². The Kier molecular flexibility index (Phi) is 3.32. The number of aromatic nitrogens is 2. The van der Waals surface area contributed by atoms with Crippen LogP contribution in [0.2, 0.25) is 0 Å². The van der Waals surface area contributed by atoms with Gasteiger partial charge in [0.2, 0.25) is 0 Å². The number of nitrogens with one attached hydrogen (secondary N) is 1. The molecule has 0 aliphatic rings. The van der Waals surface area contributed by atoms with E-state index in [0.717, 1.165) is 17.8 Å². The first-order chi connectivity index (χ1) is 8.20. The lowest BCUT2D eigenvalue weighted by Gasteiger charge is -2.17. The number of phenols is 1. The van der Waals surface area contributed by atoms with Crippen molar-refractivity contribution in [3.8, 4) is 5.75 Å². The molecule has 0 aliphatic carbocycles.